The highest BCUT2D eigenvalue weighted by atomic mass is 19.1. The lowest BCUT2D eigenvalue weighted by Gasteiger charge is -2.15. The number of nitrogens with zero attached hydrogens (tertiary/aromatic N) is 5. The molecule has 1 aromatic carbocycles. The molecule has 1 unspecified atom stereocenters. The van der Waals surface area contributed by atoms with Crippen LogP contribution in [0.1, 0.15) is 13.3 Å². The van der Waals surface area contributed by atoms with E-state index < -0.39 is 0 Å². The number of ether oxygens (including phenoxy) is 1. The molecule has 0 radical (unpaired) electrons. The molecule has 0 saturated carbocycles. The van der Waals surface area contributed by atoms with Crippen molar-refractivity contribution in [3.8, 4) is 39.8 Å². The molecule has 1 atom stereocenters. The van der Waals surface area contributed by atoms with E-state index in [9.17, 15) is 9.18 Å². The van der Waals surface area contributed by atoms with Gasteiger partial charge in [-0.15, -0.1) is 0 Å². The number of aromatic amines is 1. The van der Waals surface area contributed by atoms with Crippen LogP contribution in [0.4, 0.5) is 16.2 Å². The Morgan fingerprint density at radius 1 is 1.19 bits per heavy atom. The first-order valence-corrected chi connectivity index (χ1v) is 11.4. The number of nitrogens with two attached hydrogens (primary N) is 1. The Morgan fingerprint density at radius 2 is 2.00 bits per heavy atom. The molecule has 1 saturated heterocycles. The number of hydrogen-bond donors (Lipinski definition) is 3. The quantitative estimate of drug-likeness (QED) is 0.376. The van der Waals surface area contributed by atoms with Crippen molar-refractivity contribution < 1.29 is 13.9 Å². The van der Waals surface area contributed by atoms with E-state index in [4.69, 9.17) is 20.4 Å². The van der Waals surface area contributed by atoms with E-state index in [0.717, 1.165) is 6.42 Å². The molecule has 1 aliphatic heterocycles. The standard InChI is InChI=1S/C25H25FN8O2/c1-14(35)34-10-8-18(13-34)30-25-28-9-7-19(31-25)22-21(16-11-20(36-2)23(27)29-12-16)32-24(33-22)15-3-5-17(26)6-4-15/h3-7,9,11-12,18H,8,10,13H2,1-2H3,(H2,27,29)(H,32,33)(H,28,30,31). The van der Waals surface area contributed by atoms with Crippen LogP contribution in [0, 0.1) is 5.82 Å². The summed E-state index contributed by atoms with van der Waals surface area (Å²) in [5.41, 5.74) is 9.09. The number of pyridine rings is 1. The summed E-state index contributed by atoms with van der Waals surface area (Å²) in [4.78, 5) is 34.9. The van der Waals surface area contributed by atoms with E-state index in [-0.39, 0.29) is 23.6 Å². The van der Waals surface area contributed by atoms with Gasteiger partial charge in [-0.25, -0.2) is 24.3 Å². The lowest BCUT2D eigenvalue weighted by atomic mass is 10.1. The van der Waals surface area contributed by atoms with E-state index >= 15 is 0 Å². The van der Waals surface area contributed by atoms with Crippen molar-refractivity contribution in [2.75, 3.05) is 31.2 Å². The number of nitrogens with one attached hydrogen (secondary N) is 2. The summed E-state index contributed by atoms with van der Waals surface area (Å²) in [5.74, 6) is 1.39. The van der Waals surface area contributed by atoms with Gasteiger partial charge in [0.2, 0.25) is 11.9 Å². The molecule has 4 heterocycles. The van der Waals surface area contributed by atoms with Gasteiger partial charge in [0.1, 0.15) is 17.3 Å². The first-order valence-electron chi connectivity index (χ1n) is 11.4. The first-order chi connectivity index (χ1) is 17.4. The molecule has 4 aromatic rings. The van der Waals surface area contributed by atoms with Crippen molar-refractivity contribution in [3.63, 3.8) is 0 Å². The van der Waals surface area contributed by atoms with E-state index in [2.05, 4.69) is 20.3 Å². The Balaban J connectivity index is 1.54. The summed E-state index contributed by atoms with van der Waals surface area (Å²) in [5, 5.41) is 3.32. The van der Waals surface area contributed by atoms with E-state index in [0.29, 0.717) is 58.8 Å². The van der Waals surface area contributed by atoms with Gasteiger partial charge in [-0.2, -0.15) is 0 Å². The summed E-state index contributed by atoms with van der Waals surface area (Å²) >= 11 is 0. The van der Waals surface area contributed by atoms with Gasteiger partial charge >= 0.3 is 0 Å². The molecular weight excluding hydrogens is 463 g/mol. The van der Waals surface area contributed by atoms with Crippen molar-refractivity contribution in [1.29, 1.82) is 0 Å². The van der Waals surface area contributed by atoms with E-state index in [1.54, 1.807) is 48.5 Å². The molecule has 1 aliphatic rings. The number of amides is 1. The molecule has 11 heteroatoms. The van der Waals surface area contributed by atoms with E-state index in [1.165, 1.54) is 19.2 Å². The highest BCUT2D eigenvalue weighted by Crippen LogP contribution is 2.34. The second-order valence-corrected chi connectivity index (χ2v) is 8.49. The number of carbonyl (C=O) groups excluding carboxylic acids is 1. The molecule has 10 nitrogen and oxygen atoms in total. The number of carbonyl (C=O) groups is 1. The number of rotatable bonds is 6. The maximum Gasteiger partial charge on any atom is 0.223 e. The van der Waals surface area contributed by atoms with Gasteiger partial charge in [-0.3, -0.25) is 4.79 Å². The minimum atomic E-state index is -0.333. The normalized spacial score (nSPS) is 15.2. The Morgan fingerprint density at radius 3 is 2.72 bits per heavy atom. The van der Waals surface area contributed by atoms with Crippen molar-refractivity contribution in [2.45, 2.75) is 19.4 Å². The molecule has 5 rings (SSSR count). The molecule has 4 N–H and O–H groups in total. The lowest BCUT2D eigenvalue weighted by Crippen LogP contribution is -2.30. The number of methoxy groups -OCH3 is 1. The number of likely N-dealkylation sites (tertiary alicyclic amines) is 1. The molecular formula is C25H25FN8O2. The molecule has 1 amide bonds. The smallest absolute Gasteiger partial charge is 0.223 e. The number of benzene rings is 1. The number of nitrogen functional groups attached to an aromatic ring is 1. The average Bonchev–Trinajstić information content (AvgIpc) is 3.53. The molecule has 3 aromatic heterocycles. The highest BCUT2D eigenvalue weighted by molar-refractivity contribution is 5.81. The van der Waals surface area contributed by atoms with Gasteiger partial charge in [0.15, 0.2) is 11.6 Å². The van der Waals surface area contributed by atoms with Crippen LogP contribution in [0.2, 0.25) is 0 Å². The Kier molecular flexibility index (Phi) is 6.19. The minimum absolute atomic E-state index is 0.0527. The Bertz CT molecular complexity index is 1410. The van der Waals surface area contributed by atoms with Crippen LogP contribution < -0.4 is 15.8 Å². The first kappa shape index (κ1) is 23.2. The maximum atomic E-state index is 13.5. The number of aromatic nitrogens is 5. The number of anilines is 2. The molecule has 0 aliphatic carbocycles. The zero-order valence-corrected chi connectivity index (χ0v) is 19.8. The van der Waals surface area contributed by atoms with Crippen LogP contribution in [-0.2, 0) is 4.79 Å². The zero-order valence-electron chi connectivity index (χ0n) is 19.8. The number of hydrogen-bond acceptors (Lipinski definition) is 8. The van der Waals surface area contributed by atoms with Crippen molar-refractivity contribution in [1.82, 2.24) is 29.8 Å². The highest BCUT2D eigenvalue weighted by Gasteiger charge is 2.25. The van der Waals surface area contributed by atoms with Gasteiger partial charge < -0.3 is 25.7 Å². The largest absolute Gasteiger partial charge is 0.493 e. The van der Waals surface area contributed by atoms with E-state index in [1.807, 2.05) is 0 Å². The predicted octanol–water partition coefficient (Wildman–Crippen LogP) is 3.36. The molecule has 1 fully saturated rings. The SMILES string of the molecule is COc1cc(-c2nc(-c3ccc(F)cc3)[nH]c2-c2ccnc(NC3CCN(C(C)=O)C3)n2)cnc1N. The fourth-order valence-corrected chi connectivity index (χ4v) is 4.17. The van der Waals surface area contributed by atoms with Crippen LogP contribution in [0.25, 0.3) is 34.0 Å². The van der Waals surface area contributed by atoms with Gasteiger partial charge in [0.05, 0.1) is 18.5 Å². The zero-order chi connectivity index (χ0) is 25.2. The van der Waals surface area contributed by atoms with Crippen LogP contribution in [0.3, 0.4) is 0 Å². The molecule has 184 valence electrons. The molecule has 0 bridgehead atoms. The van der Waals surface area contributed by atoms with Gasteiger partial charge in [-0.05, 0) is 42.8 Å². The predicted molar refractivity (Wildman–Crippen MR) is 133 cm³/mol. The van der Waals surface area contributed by atoms with Crippen LogP contribution in [0.15, 0.2) is 48.8 Å². The number of H-pyrrole nitrogens is 1. The van der Waals surface area contributed by atoms with Gasteiger partial charge in [0, 0.05) is 49.6 Å². The Labute approximate surface area is 206 Å². The summed E-state index contributed by atoms with van der Waals surface area (Å²) in [6.45, 7) is 2.87. The topological polar surface area (TPSA) is 135 Å². The molecule has 0 spiro atoms. The minimum Gasteiger partial charge on any atom is -0.493 e. The van der Waals surface area contributed by atoms with Crippen molar-refractivity contribution in [3.05, 3.63) is 54.6 Å². The fraction of sp³-hybridized carbons (Fsp3) is 0.240. The Hall–Kier alpha value is -4.54. The third-order valence-electron chi connectivity index (χ3n) is 6.08. The lowest BCUT2D eigenvalue weighted by molar-refractivity contribution is -0.127. The van der Waals surface area contributed by atoms with Crippen LogP contribution >= 0.6 is 0 Å². The molecule has 36 heavy (non-hydrogen) atoms. The summed E-state index contributed by atoms with van der Waals surface area (Å²) < 4.78 is 18.9. The van der Waals surface area contributed by atoms with Crippen molar-refractivity contribution in [2.24, 2.45) is 0 Å². The van der Waals surface area contributed by atoms with Crippen LogP contribution in [-0.4, -0.2) is 62.0 Å². The summed E-state index contributed by atoms with van der Waals surface area (Å²) in [7, 11) is 1.52. The fourth-order valence-electron chi connectivity index (χ4n) is 4.17. The summed E-state index contributed by atoms with van der Waals surface area (Å²) in [6, 6.07) is 9.65. The third-order valence-corrected chi connectivity index (χ3v) is 6.08. The number of imidazole rings is 1. The number of halogens is 1. The monoisotopic (exact) mass is 488 g/mol. The van der Waals surface area contributed by atoms with Crippen LogP contribution in [0.5, 0.6) is 5.75 Å². The second-order valence-electron chi connectivity index (χ2n) is 8.49. The summed E-state index contributed by atoms with van der Waals surface area (Å²) in [6.07, 6.45) is 4.08. The van der Waals surface area contributed by atoms with Gasteiger partial charge in [0.25, 0.3) is 0 Å². The second kappa shape index (κ2) is 9.61. The van der Waals surface area contributed by atoms with Gasteiger partial charge in [-0.1, -0.05) is 0 Å². The third kappa shape index (κ3) is 4.67. The maximum absolute atomic E-state index is 13.5. The average molecular weight is 489 g/mol. The van der Waals surface area contributed by atoms with Crippen molar-refractivity contribution >= 4 is 17.7 Å².